The highest BCUT2D eigenvalue weighted by Crippen LogP contribution is 2.33. The third-order valence-corrected chi connectivity index (χ3v) is 8.33. The molecule has 0 radical (unpaired) electrons. The molecule has 1 saturated heterocycles. The lowest BCUT2D eigenvalue weighted by Crippen LogP contribution is -2.44. The highest BCUT2D eigenvalue weighted by atomic mass is 32.2. The van der Waals surface area contributed by atoms with Crippen molar-refractivity contribution in [2.75, 3.05) is 27.0 Å². The second-order valence-corrected chi connectivity index (χ2v) is 10.4. The second-order valence-electron chi connectivity index (χ2n) is 8.42. The van der Waals surface area contributed by atoms with E-state index in [4.69, 9.17) is 14.2 Å². The molecule has 0 aliphatic carbocycles. The number of fused-ring (bicyclic) bond motifs is 1. The zero-order valence-electron chi connectivity index (χ0n) is 19.0. The monoisotopic (exact) mass is 474 g/mol. The number of benzene rings is 2. The lowest BCUT2D eigenvalue weighted by molar-refractivity contribution is -0.122. The minimum Gasteiger partial charge on any atom is -0.497 e. The number of methoxy groups -OCH3 is 1. The number of piperidine rings is 1. The summed E-state index contributed by atoms with van der Waals surface area (Å²) in [5, 5.41) is 2.98. The van der Waals surface area contributed by atoms with Gasteiger partial charge in [0.05, 0.1) is 12.0 Å². The molecule has 0 saturated carbocycles. The van der Waals surface area contributed by atoms with Crippen LogP contribution in [0.5, 0.6) is 17.2 Å². The third kappa shape index (κ3) is 5.25. The van der Waals surface area contributed by atoms with Crippen LogP contribution in [-0.4, -0.2) is 45.6 Å². The molecule has 2 heterocycles. The maximum atomic E-state index is 13.1. The predicted octanol–water partition coefficient (Wildman–Crippen LogP) is 3.17. The van der Waals surface area contributed by atoms with Crippen LogP contribution in [0.3, 0.4) is 0 Å². The van der Waals surface area contributed by atoms with Crippen LogP contribution in [0.4, 0.5) is 0 Å². The van der Waals surface area contributed by atoms with Crippen LogP contribution in [0, 0.1) is 11.8 Å². The Bertz CT molecular complexity index is 1090. The van der Waals surface area contributed by atoms with Gasteiger partial charge in [-0.15, -0.1) is 0 Å². The summed E-state index contributed by atoms with van der Waals surface area (Å²) >= 11 is 0. The lowest BCUT2D eigenvalue weighted by atomic mass is 9.82. The van der Waals surface area contributed by atoms with Crippen molar-refractivity contribution in [1.29, 1.82) is 0 Å². The van der Waals surface area contributed by atoms with E-state index in [1.54, 1.807) is 35.7 Å². The van der Waals surface area contributed by atoms with E-state index in [1.165, 1.54) is 0 Å². The Morgan fingerprint density at radius 3 is 2.61 bits per heavy atom. The van der Waals surface area contributed by atoms with Gasteiger partial charge < -0.3 is 19.5 Å². The first-order valence-electron chi connectivity index (χ1n) is 11.2. The van der Waals surface area contributed by atoms with Gasteiger partial charge in [0.25, 0.3) is 0 Å². The van der Waals surface area contributed by atoms with Gasteiger partial charge in [0.2, 0.25) is 22.7 Å². The number of carbonyl (C=O) groups excluding carboxylic acids is 1. The van der Waals surface area contributed by atoms with Crippen molar-refractivity contribution in [3.8, 4) is 17.2 Å². The number of nitrogens with zero attached hydrogens (tertiary/aromatic N) is 1. The number of amides is 1. The van der Waals surface area contributed by atoms with E-state index in [-0.39, 0.29) is 29.4 Å². The molecule has 2 aliphatic heterocycles. The Kier molecular flexibility index (Phi) is 7.09. The SMILES string of the molecule is CCC1CN(S(=O)(=O)c2ccc(OC)cc2)CCC1CC(=O)NCc1ccc2c(c1)OCO2. The molecule has 2 aromatic rings. The van der Waals surface area contributed by atoms with E-state index in [2.05, 4.69) is 5.32 Å². The van der Waals surface area contributed by atoms with Crippen molar-refractivity contribution in [3.05, 3.63) is 48.0 Å². The maximum Gasteiger partial charge on any atom is 0.243 e. The summed E-state index contributed by atoms with van der Waals surface area (Å²) in [4.78, 5) is 12.9. The number of nitrogens with one attached hydrogen (secondary N) is 1. The average Bonchev–Trinajstić information content (AvgIpc) is 3.31. The second kappa shape index (κ2) is 10.0. The van der Waals surface area contributed by atoms with Gasteiger partial charge in [-0.25, -0.2) is 8.42 Å². The van der Waals surface area contributed by atoms with E-state index in [0.29, 0.717) is 49.7 Å². The molecule has 1 fully saturated rings. The first kappa shape index (κ1) is 23.4. The van der Waals surface area contributed by atoms with Crippen LogP contribution in [0.25, 0.3) is 0 Å². The molecule has 2 aliphatic rings. The molecule has 33 heavy (non-hydrogen) atoms. The molecule has 4 rings (SSSR count). The number of sulfonamides is 1. The molecule has 0 bridgehead atoms. The number of hydrogen-bond donors (Lipinski definition) is 1. The molecular weight excluding hydrogens is 444 g/mol. The van der Waals surface area contributed by atoms with Gasteiger partial charge in [0.1, 0.15) is 5.75 Å². The molecule has 178 valence electrons. The number of ether oxygens (including phenoxy) is 3. The minimum atomic E-state index is -3.58. The summed E-state index contributed by atoms with van der Waals surface area (Å²) in [6.45, 7) is 3.51. The summed E-state index contributed by atoms with van der Waals surface area (Å²) in [6.07, 6.45) is 1.86. The normalized spacial score (nSPS) is 20.4. The van der Waals surface area contributed by atoms with Crippen LogP contribution < -0.4 is 19.5 Å². The number of hydrogen-bond acceptors (Lipinski definition) is 6. The topological polar surface area (TPSA) is 94.2 Å². The van der Waals surface area contributed by atoms with Gasteiger partial charge in [-0.05, 0) is 60.2 Å². The molecule has 2 atom stereocenters. The molecule has 0 aromatic heterocycles. The average molecular weight is 475 g/mol. The van der Waals surface area contributed by atoms with Gasteiger partial charge in [0.15, 0.2) is 11.5 Å². The summed E-state index contributed by atoms with van der Waals surface area (Å²) in [5.74, 6) is 2.27. The standard InChI is InChI=1S/C24H30N2O6S/c1-3-18-15-26(33(28,29)21-7-5-20(30-2)6-8-21)11-10-19(18)13-24(27)25-14-17-4-9-22-23(12-17)32-16-31-22/h4-9,12,18-19H,3,10-11,13-16H2,1-2H3,(H,25,27). The molecule has 1 N–H and O–H groups in total. The largest absolute Gasteiger partial charge is 0.497 e. The summed E-state index contributed by atoms with van der Waals surface area (Å²) in [5.41, 5.74) is 0.944. The molecule has 0 spiro atoms. The molecule has 8 nitrogen and oxygen atoms in total. The van der Waals surface area contributed by atoms with Gasteiger partial charge in [-0.1, -0.05) is 19.4 Å². The van der Waals surface area contributed by atoms with Crippen LogP contribution in [0.2, 0.25) is 0 Å². The first-order valence-corrected chi connectivity index (χ1v) is 12.6. The fourth-order valence-electron chi connectivity index (χ4n) is 4.46. The van der Waals surface area contributed by atoms with E-state index < -0.39 is 10.0 Å². The van der Waals surface area contributed by atoms with E-state index in [0.717, 1.165) is 12.0 Å². The quantitative estimate of drug-likeness (QED) is 0.632. The Morgan fingerprint density at radius 1 is 1.12 bits per heavy atom. The zero-order valence-corrected chi connectivity index (χ0v) is 19.8. The van der Waals surface area contributed by atoms with Crippen LogP contribution >= 0.6 is 0 Å². The van der Waals surface area contributed by atoms with Crippen LogP contribution in [0.15, 0.2) is 47.4 Å². The minimum absolute atomic E-state index is 0.0254. The highest BCUT2D eigenvalue weighted by molar-refractivity contribution is 7.89. The Labute approximate surface area is 194 Å². The summed E-state index contributed by atoms with van der Waals surface area (Å²) in [6, 6.07) is 12.1. The molecule has 2 aromatic carbocycles. The van der Waals surface area contributed by atoms with Gasteiger partial charge in [-0.3, -0.25) is 4.79 Å². The van der Waals surface area contributed by atoms with Gasteiger partial charge in [0, 0.05) is 26.1 Å². The molecule has 1 amide bonds. The molecule has 2 unspecified atom stereocenters. The van der Waals surface area contributed by atoms with Crippen molar-refractivity contribution < 1.29 is 27.4 Å². The summed E-state index contributed by atoms with van der Waals surface area (Å²) < 4.78 is 43.6. The van der Waals surface area contributed by atoms with Crippen molar-refractivity contribution in [2.24, 2.45) is 11.8 Å². The van der Waals surface area contributed by atoms with Crippen LogP contribution in [0.1, 0.15) is 31.7 Å². The van der Waals surface area contributed by atoms with Gasteiger partial charge in [-0.2, -0.15) is 4.31 Å². The van der Waals surface area contributed by atoms with Crippen molar-refractivity contribution in [1.82, 2.24) is 9.62 Å². The smallest absolute Gasteiger partial charge is 0.243 e. The predicted molar refractivity (Wildman–Crippen MR) is 123 cm³/mol. The fourth-order valence-corrected chi connectivity index (χ4v) is 5.97. The molecule has 9 heteroatoms. The zero-order chi connectivity index (χ0) is 23.4. The van der Waals surface area contributed by atoms with Crippen molar-refractivity contribution in [3.63, 3.8) is 0 Å². The Morgan fingerprint density at radius 2 is 1.88 bits per heavy atom. The highest BCUT2D eigenvalue weighted by Gasteiger charge is 2.35. The number of carbonyl (C=O) groups is 1. The maximum absolute atomic E-state index is 13.1. The van der Waals surface area contributed by atoms with Crippen LogP contribution in [-0.2, 0) is 21.4 Å². The van der Waals surface area contributed by atoms with E-state index in [9.17, 15) is 13.2 Å². The summed E-state index contributed by atoms with van der Waals surface area (Å²) in [7, 11) is -2.03. The molecular formula is C24H30N2O6S. The number of rotatable bonds is 8. The van der Waals surface area contributed by atoms with Crippen molar-refractivity contribution in [2.45, 2.75) is 37.6 Å². The first-order chi connectivity index (χ1) is 15.9. The third-order valence-electron chi connectivity index (χ3n) is 6.45. The van der Waals surface area contributed by atoms with E-state index >= 15 is 0 Å². The van der Waals surface area contributed by atoms with Crippen molar-refractivity contribution >= 4 is 15.9 Å². The lowest BCUT2D eigenvalue weighted by Gasteiger charge is -2.37. The Balaban J connectivity index is 1.33. The van der Waals surface area contributed by atoms with E-state index in [1.807, 2.05) is 25.1 Å². The fraction of sp³-hybridized carbons (Fsp3) is 0.458. The van der Waals surface area contributed by atoms with Gasteiger partial charge >= 0.3 is 0 Å². The Hall–Kier alpha value is -2.78.